The number of anilines is 1. The summed E-state index contributed by atoms with van der Waals surface area (Å²) in [7, 11) is -1.10. The summed E-state index contributed by atoms with van der Waals surface area (Å²) in [5.74, 6) is 1.35. The molecular weight excluding hydrogens is 338 g/mol. The van der Waals surface area contributed by atoms with Gasteiger partial charge in [-0.15, -0.1) is 0 Å². The maximum Gasteiger partial charge on any atom is 0.126 e. The predicted molar refractivity (Wildman–Crippen MR) is 84.3 cm³/mol. The number of ether oxygens (including phenoxy) is 1. The molecule has 0 saturated carbocycles. The lowest BCUT2D eigenvalue weighted by atomic mass is 10.1. The molecule has 0 aromatic heterocycles. The standard InChI is InChI=1S/C15H14BrNO2S/c16-12-7-10-5-6-19-15(10)11(8-12)9-20(18)14-3-1-13(17)2-4-14/h1-4,7-8H,5-6,9,17H2. The monoisotopic (exact) mass is 351 g/mol. The number of rotatable bonds is 3. The first-order valence-electron chi connectivity index (χ1n) is 6.31. The van der Waals surface area contributed by atoms with Crippen molar-refractivity contribution in [2.75, 3.05) is 12.3 Å². The maximum absolute atomic E-state index is 12.4. The Morgan fingerprint density at radius 2 is 2.00 bits per heavy atom. The van der Waals surface area contributed by atoms with Gasteiger partial charge in [-0.05, 0) is 42.0 Å². The second-order valence-electron chi connectivity index (χ2n) is 4.71. The Hall–Kier alpha value is -1.33. The molecule has 0 radical (unpaired) electrons. The van der Waals surface area contributed by atoms with E-state index in [1.807, 2.05) is 18.2 Å². The number of nitrogens with two attached hydrogens (primary N) is 1. The molecule has 0 amide bonds. The third-order valence-corrected chi connectivity index (χ3v) is 5.08. The topological polar surface area (TPSA) is 52.3 Å². The molecule has 2 N–H and O–H groups in total. The van der Waals surface area contributed by atoms with Crippen molar-refractivity contribution in [2.45, 2.75) is 17.1 Å². The Kier molecular flexibility index (Phi) is 3.81. The molecule has 0 aliphatic carbocycles. The van der Waals surface area contributed by atoms with E-state index in [1.54, 1.807) is 12.1 Å². The van der Waals surface area contributed by atoms with Crippen LogP contribution >= 0.6 is 15.9 Å². The molecule has 1 unspecified atom stereocenters. The van der Waals surface area contributed by atoms with Crippen LogP contribution in [0.1, 0.15) is 11.1 Å². The average molecular weight is 352 g/mol. The first-order chi connectivity index (χ1) is 9.63. The summed E-state index contributed by atoms with van der Waals surface area (Å²) in [6.45, 7) is 0.702. The van der Waals surface area contributed by atoms with E-state index in [9.17, 15) is 4.21 Å². The minimum absolute atomic E-state index is 0.450. The Labute approximate surface area is 128 Å². The fraction of sp³-hybridized carbons (Fsp3) is 0.200. The number of hydrogen-bond donors (Lipinski definition) is 1. The van der Waals surface area contributed by atoms with Crippen LogP contribution in [0.2, 0.25) is 0 Å². The van der Waals surface area contributed by atoms with Crippen molar-refractivity contribution < 1.29 is 8.95 Å². The minimum atomic E-state index is -1.10. The second kappa shape index (κ2) is 5.58. The Morgan fingerprint density at radius 3 is 2.75 bits per heavy atom. The number of fused-ring (bicyclic) bond motifs is 1. The van der Waals surface area contributed by atoms with Crippen LogP contribution in [0.15, 0.2) is 45.8 Å². The highest BCUT2D eigenvalue weighted by molar-refractivity contribution is 9.10. The fourth-order valence-electron chi connectivity index (χ4n) is 2.30. The molecule has 0 spiro atoms. The maximum atomic E-state index is 12.4. The molecule has 0 saturated heterocycles. The van der Waals surface area contributed by atoms with Gasteiger partial charge in [-0.1, -0.05) is 15.9 Å². The van der Waals surface area contributed by atoms with Crippen LogP contribution in [-0.4, -0.2) is 10.8 Å². The Balaban J connectivity index is 1.88. The van der Waals surface area contributed by atoms with Crippen LogP contribution in [0.25, 0.3) is 0 Å². The third-order valence-electron chi connectivity index (χ3n) is 3.25. The van der Waals surface area contributed by atoms with Gasteiger partial charge >= 0.3 is 0 Å². The van der Waals surface area contributed by atoms with E-state index in [0.29, 0.717) is 18.0 Å². The molecule has 2 aromatic rings. The van der Waals surface area contributed by atoms with Crippen molar-refractivity contribution in [3.63, 3.8) is 0 Å². The van der Waals surface area contributed by atoms with E-state index < -0.39 is 10.8 Å². The van der Waals surface area contributed by atoms with E-state index in [4.69, 9.17) is 10.5 Å². The Morgan fingerprint density at radius 1 is 1.25 bits per heavy atom. The smallest absolute Gasteiger partial charge is 0.126 e. The minimum Gasteiger partial charge on any atom is -0.493 e. The highest BCUT2D eigenvalue weighted by atomic mass is 79.9. The van der Waals surface area contributed by atoms with Crippen molar-refractivity contribution in [2.24, 2.45) is 0 Å². The normalized spacial score (nSPS) is 14.7. The highest BCUT2D eigenvalue weighted by Gasteiger charge is 2.19. The molecule has 1 atom stereocenters. The van der Waals surface area contributed by atoms with Gasteiger partial charge in [0.25, 0.3) is 0 Å². The SMILES string of the molecule is Nc1ccc(S(=O)Cc2cc(Br)cc3c2OCC3)cc1. The molecule has 2 aromatic carbocycles. The zero-order valence-corrected chi connectivity index (χ0v) is 13.2. The molecule has 1 aliphatic heterocycles. The quantitative estimate of drug-likeness (QED) is 0.863. The molecule has 20 heavy (non-hydrogen) atoms. The summed E-state index contributed by atoms with van der Waals surface area (Å²) in [6, 6.07) is 11.2. The molecule has 0 bridgehead atoms. The largest absolute Gasteiger partial charge is 0.493 e. The van der Waals surface area contributed by atoms with Gasteiger partial charge in [0.2, 0.25) is 0 Å². The zero-order chi connectivity index (χ0) is 14.1. The molecule has 3 rings (SSSR count). The van der Waals surface area contributed by atoms with Gasteiger partial charge in [0.05, 0.1) is 23.2 Å². The van der Waals surface area contributed by atoms with E-state index in [-0.39, 0.29) is 0 Å². The van der Waals surface area contributed by atoms with Gasteiger partial charge in [-0.2, -0.15) is 0 Å². The fourth-order valence-corrected chi connectivity index (χ4v) is 3.95. The van der Waals surface area contributed by atoms with Gasteiger partial charge in [0.1, 0.15) is 5.75 Å². The van der Waals surface area contributed by atoms with Crippen molar-refractivity contribution in [3.8, 4) is 5.75 Å². The van der Waals surface area contributed by atoms with Crippen LogP contribution in [0.3, 0.4) is 0 Å². The van der Waals surface area contributed by atoms with Gasteiger partial charge in [-0.25, -0.2) is 0 Å². The number of benzene rings is 2. The van der Waals surface area contributed by atoms with Crippen LogP contribution in [0.4, 0.5) is 5.69 Å². The zero-order valence-electron chi connectivity index (χ0n) is 10.8. The molecule has 0 fully saturated rings. The molecule has 5 heteroatoms. The summed E-state index contributed by atoms with van der Waals surface area (Å²) in [5.41, 5.74) is 8.50. The first kappa shape index (κ1) is 13.6. The van der Waals surface area contributed by atoms with Gasteiger partial charge in [-0.3, -0.25) is 4.21 Å². The summed E-state index contributed by atoms with van der Waals surface area (Å²) < 4.78 is 19.1. The molecule has 1 heterocycles. The van der Waals surface area contributed by atoms with E-state index in [0.717, 1.165) is 27.1 Å². The van der Waals surface area contributed by atoms with Crippen LogP contribution in [0.5, 0.6) is 5.75 Å². The highest BCUT2D eigenvalue weighted by Crippen LogP contribution is 2.34. The van der Waals surface area contributed by atoms with Gasteiger partial charge in [0, 0.05) is 27.0 Å². The molecular formula is C15H14BrNO2S. The summed E-state index contributed by atoms with van der Waals surface area (Å²) in [6.07, 6.45) is 0.913. The lowest BCUT2D eigenvalue weighted by Gasteiger charge is -2.09. The van der Waals surface area contributed by atoms with Gasteiger partial charge in [0.15, 0.2) is 0 Å². The van der Waals surface area contributed by atoms with Crippen molar-refractivity contribution in [1.29, 1.82) is 0 Å². The van der Waals surface area contributed by atoms with Crippen LogP contribution in [0, 0.1) is 0 Å². The Bertz CT molecular complexity index is 670. The first-order valence-corrected chi connectivity index (χ1v) is 8.43. The van der Waals surface area contributed by atoms with Gasteiger partial charge < -0.3 is 10.5 Å². The summed E-state index contributed by atoms with van der Waals surface area (Å²) in [4.78, 5) is 0.783. The number of nitrogen functional groups attached to an aromatic ring is 1. The molecule has 3 nitrogen and oxygen atoms in total. The van der Waals surface area contributed by atoms with Crippen LogP contribution in [-0.2, 0) is 23.0 Å². The summed E-state index contributed by atoms with van der Waals surface area (Å²) >= 11 is 3.50. The lowest BCUT2D eigenvalue weighted by molar-refractivity contribution is 0.354. The van der Waals surface area contributed by atoms with Crippen molar-refractivity contribution >= 4 is 32.4 Å². The number of hydrogen-bond acceptors (Lipinski definition) is 3. The van der Waals surface area contributed by atoms with E-state index in [1.165, 1.54) is 5.56 Å². The number of halogens is 1. The van der Waals surface area contributed by atoms with E-state index in [2.05, 4.69) is 22.0 Å². The van der Waals surface area contributed by atoms with Crippen molar-refractivity contribution in [3.05, 3.63) is 52.0 Å². The van der Waals surface area contributed by atoms with E-state index >= 15 is 0 Å². The average Bonchev–Trinajstić information content (AvgIpc) is 2.87. The molecule has 1 aliphatic rings. The second-order valence-corrected chi connectivity index (χ2v) is 7.08. The predicted octanol–water partition coefficient (Wildman–Crippen LogP) is 3.27. The molecule has 104 valence electrons. The van der Waals surface area contributed by atoms with Crippen LogP contribution < -0.4 is 10.5 Å². The lowest BCUT2D eigenvalue weighted by Crippen LogP contribution is -1.99. The van der Waals surface area contributed by atoms with Crippen molar-refractivity contribution in [1.82, 2.24) is 0 Å². The summed E-state index contributed by atoms with van der Waals surface area (Å²) in [5, 5.41) is 0. The third kappa shape index (κ3) is 2.74.